The van der Waals surface area contributed by atoms with Gasteiger partial charge < -0.3 is 0 Å². The standard InChI is InChI=1S/C26H39F2NO3S/c27-22-10-9-20(14-23(22)28)33(31,32)16-18-7-5-17(6-8-18)13-19-11-12-29-24-4-2-1-3-21(24)26(30)15-25(19)29/h13,17-18,20-25H,1-12,14-16H2/b19-13+. The lowest BCUT2D eigenvalue weighted by Gasteiger charge is -2.45. The molecule has 33 heavy (non-hydrogen) atoms. The molecule has 6 atom stereocenters. The van der Waals surface area contributed by atoms with E-state index in [0.29, 0.717) is 30.2 Å². The van der Waals surface area contributed by atoms with Crippen LogP contribution < -0.4 is 0 Å². The van der Waals surface area contributed by atoms with Gasteiger partial charge in [0.25, 0.3) is 0 Å². The van der Waals surface area contributed by atoms with E-state index in [2.05, 4.69) is 11.0 Å². The average Bonchev–Trinajstić information content (AvgIpc) is 3.19. The zero-order valence-corrected chi connectivity index (χ0v) is 20.5. The molecule has 5 aliphatic rings. The molecule has 6 unspecified atom stereocenters. The second-order valence-electron chi connectivity index (χ2n) is 11.5. The highest BCUT2D eigenvalue weighted by Crippen LogP contribution is 2.43. The first-order valence-electron chi connectivity index (χ1n) is 13.3. The van der Waals surface area contributed by atoms with Gasteiger partial charge in [-0.25, -0.2) is 17.2 Å². The summed E-state index contributed by atoms with van der Waals surface area (Å²) in [6.07, 6.45) is 9.53. The van der Waals surface area contributed by atoms with Crippen molar-refractivity contribution >= 4 is 15.6 Å². The Morgan fingerprint density at radius 2 is 1.70 bits per heavy atom. The van der Waals surface area contributed by atoms with E-state index in [9.17, 15) is 22.0 Å². The van der Waals surface area contributed by atoms with Gasteiger partial charge in [-0.3, -0.25) is 9.69 Å². The van der Waals surface area contributed by atoms with Crippen molar-refractivity contribution < 1.29 is 22.0 Å². The first kappa shape index (κ1) is 23.9. The normalized spacial score (nSPS) is 43.9. The number of carbonyl (C=O) groups excluding carboxylic acids is 1. The van der Waals surface area contributed by atoms with Crippen LogP contribution in [0.2, 0.25) is 0 Å². The number of allylic oxidation sites excluding steroid dienone is 1. The highest BCUT2D eigenvalue weighted by Gasteiger charge is 2.46. The molecule has 0 N–H and O–H groups in total. The summed E-state index contributed by atoms with van der Waals surface area (Å²) in [5.74, 6) is 1.46. The first-order valence-corrected chi connectivity index (χ1v) is 15.0. The molecule has 7 heteroatoms. The Hall–Kier alpha value is -0.820. The highest BCUT2D eigenvalue weighted by atomic mass is 32.2. The number of alkyl halides is 2. The summed E-state index contributed by atoms with van der Waals surface area (Å²) >= 11 is 0. The number of nitrogens with zero attached hydrogens (tertiary/aromatic N) is 1. The third-order valence-electron chi connectivity index (χ3n) is 9.41. The Labute approximate surface area is 197 Å². The van der Waals surface area contributed by atoms with Crippen molar-refractivity contribution in [2.45, 2.75) is 113 Å². The Morgan fingerprint density at radius 3 is 2.45 bits per heavy atom. The molecule has 3 aliphatic carbocycles. The molecule has 0 spiro atoms. The molecule has 3 saturated carbocycles. The van der Waals surface area contributed by atoms with Crippen LogP contribution in [0, 0.1) is 17.8 Å². The topological polar surface area (TPSA) is 54.5 Å². The molecule has 2 saturated heterocycles. The van der Waals surface area contributed by atoms with Crippen LogP contribution >= 0.6 is 0 Å². The fourth-order valence-corrected chi connectivity index (χ4v) is 9.75. The smallest absolute Gasteiger partial charge is 0.153 e. The van der Waals surface area contributed by atoms with E-state index < -0.39 is 27.4 Å². The van der Waals surface area contributed by atoms with Gasteiger partial charge in [-0.2, -0.15) is 0 Å². The minimum absolute atomic E-state index is 0.0215. The predicted octanol–water partition coefficient (Wildman–Crippen LogP) is 4.97. The average molecular weight is 484 g/mol. The van der Waals surface area contributed by atoms with Gasteiger partial charge in [0.2, 0.25) is 0 Å². The second kappa shape index (κ2) is 9.67. The SMILES string of the molecule is O=C1CC2/C(=C/C3CCC(CS(=O)(=O)C4CCC(F)C(F)C4)CC3)CCN2C2CCCCC12. The minimum Gasteiger partial charge on any atom is -0.299 e. The Bertz CT molecular complexity index is 867. The third-order valence-corrected chi connectivity index (χ3v) is 11.8. The second-order valence-corrected chi connectivity index (χ2v) is 13.8. The van der Waals surface area contributed by atoms with Gasteiger partial charge in [-0.1, -0.05) is 24.5 Å². The summed E-state index contributed by atoms with van der Waals surface area (Å²) in [7, 11) is -3.38. The lowest BCUT2D eigenvalue weighted by atomic mass is 9.75. The van der Waals surface area contributed by atoms with Gasteiger partial charge >= 0.3 is 0 Å². The largest absolute Gasteiger partial charge is 0.299 e. The van der Waals surface area contributed by atoms with Gasteiger partial charge in [-0.15, -0.1) is 0 Å². The number of piperidine rings is 1. The Balaban J connectivity index is 1.15. The van der Waals surface area contributed by atoms with Gasteiger partial charge in [0.05, 0.1) is 11.0 Å². The van der Waals surface area contributed by atoms with E-state index in [1.807, 2.05) is 0 Å². The number of hydrogen-bond acceptors (Lipinski definition) is 4. The van der Waals surface area contributed by atoms with Crippen LogP contribution in [0.3, 0.4) is 0 Å². The Morgan fingerprint density at radius 1 is 0.939 bits per heavy atom. The molecule has 4 nitrogen and oxygen atoms in total. The molecule has 0 aromatic rings. The fraction of sp³-hybridized carbons (Fsp3) is 0.885. The molecule has 0 radical (unpaired) electrons. The molecule has 2 heterocycles. The summed E-state index contributed by atoms with van der Waals surface area (Å²) in [6.45, 7) is 1.08. The number of ketones is 1. The first-order chi connectivity index (χ1) is 15.8. The van der Waals surface area contributed by atoms with Gasteiger partial charge in [0.1, 0.15) is 18.1 Å². The van der Waals surface area contributed by atoms with Gasteiger partial charge in [0, 0.05) is 31.0 Å². The molecule has 186 valence electrons. The van der Waals surface area contributed by atoms with Gasteiger partial charge in [-0.05, 0) is 76.0 Å². The zero-order valence-electron chi connectivity index (χ0n) is 19.6. The van der Waals surface area contributed by atoms with Crippen LogP contribution in [0.5, 0.6) is 0 Å². The molecule has 5 rings (SSSR count). The van der Waals surface area contributed by atoms with E-state index in [1.165, 1.54) is 18.4 Å². The van der Waals surface area contributed by atoms with E-state index >= 15 is 0 Å². The molecular formula is C26H39F2NO3S. The summed E-state index contributed by atoms with van der Waals surface area (Å²) in [4.78, 5) is 15.4. The highest BCUT2D eigenvalue weighted by molar-refractivity contribution is 7.92. The third kappa shape index (κ3) is 4.96. The van der Waals surface area contributed by atoms with Crippen LogP contribution in [0.15, 0.2) is 11.6 Å². The van der Waals surface area contributed by atoms with E-state index in [4.69, 9.17) is 0 Å². The number of halogens is 2. The predicted molar refractivity (Wildman–Crippen MR) is 125 cm³/mol. The lowest BCUT2D eigenvalue weighted by molar-refractivity contribution is -0.131. The molecule has 2 aliphatic heterocycles. The molecule has 5 fully saturated rings. The van der Waals surface area contributed by atoms with E-state index in [-0.39, 0.29) is 36.9 Å². The molecule has 0 bridgehead atoms. The van der Waals surface area contributed by atoms with Crippen LogP contribution in [0.25, 0.3) is 0 Å². The number of Topliss-reactive ketones (excluding diaryl/α,β-unsaturated/α-hetero) is 1. The monoisotopic (exact) mass is 483 g/mol. The van der Waals surface area contributed by atoms with Crippen LogP contribution in [-0.4, -0.2) is 61.1 Å². The van der Waals surface area contributed by atoms with Crippen molar-refractivity contribution in [3.8, 4) is 0 Å². The van der Waals surface area contributed by atoms with Crippen molar-refractivity contribution in [3.05, 3.63) is 11.6 Å². The van der Waals surface area contributed by atoms with Gasteiger partial charge in [0.15, 0.2) is 9.84 Å². The van der Waals surface area contributed by atoms with Crippen molar-refractivity contribution in [2.24, 2.45) is 17.8 Å². The van der Waals surface area contributed by atoms with E-state index in [1.54, 1.807) is 0 Å². The van der Waals surface area contributed by atoms with Crippen molar-refractivity contribution in [1.82, 2.24) is 4.90 Å². The van der Waals surface area contributed by atoms with E-state index in [0.717, 1.165) is 51.5 Å². The van der Waals surface area contributed by atoms with Crippen LogP contribution in [-0.2, 0) is 14.6 Å². The fourth-order valence-electron chi connectivity index (χ4n) is 7.52. The Kier molecular flexibility index (Phi) is 7.01. The van der Waals surface area contributed by atoms with Crippen LogP contribution in [0.4, 0.5) is 8.78 Å². The lowest BCUT2D eigenvalue weighted by Crippen LogP contribution is -2.53. The summed E-state index contributed by atoms with van der Waals surface area (Å²) in [5, 5.41) is -0.712. The maximum atomic E-state index is 13.7. The maximum Gasteiger partial charge on any atom is 0.153 e. The number of fused-ring (bicyclic) bond motifs is 3. The minimum atomic E-state index is -3.38. The van der Waals surface area contributed by atoms with Crippen molar-refractivity contribution in [1.29, 1.82) is 0 Å². The quantitative estimate of drug-likeness (QED) is 0.530. The molecular weight excluding hydrogens is 444 g/mol. The number of sulfone groups is 1. The maximum absolute atomic E-state index is 13.7. The number of carbonyl (C=O) groups is 1. The molecule has 0 aromatic heterocycles. The summed E-state index contributed by atoms with van der Waals surface area (Å²) in [6, 6.07) is 0.752. The summed E-state index contributed by atoms with van der Waals surface area (Å²) in [5.41, 5.74) is 1.44. The molecule has 0 aromatic carbocycles. The number of hydrogen-bond donors (Lipinski definition) is 0. The summed E-state index contributed by atoms with van der Waals surface area (Å²) < 4.78 is 52.8. The molecule has 0 amide bonds. The number of rotatable bonds is 4. The van der Waals surface area contributed by atoms with Crippen molar-refractivity contribution in [2.75, 3.05) is 12.3 Å². The van der Waals surface area contributed by atoms with Crippen molar-refractivity contribution in [3.63, 3.8) is 0 Å². The zero-order chi connectivity index (χ0) is 23.2. The van der Waals surface area contributed by atoms with Crippen LogP contribution in [0.1, 0.15) is 83.5 Å².